The van der Waals surface area contributed by atoms with Crippen LogP contribution < -0.4 is 10.1 Å². The Kier molecular flexibility index (Phi) is 8.52. The molecule has 0 bridgehead atoms. The predicted molar refractivity (Wildman–Crippen MR) is 116 cm³/mol. The van der Waals surface area contributed by atoms with Gasteiger partial charge in [0.15, 0.2) is 6.61 Å². The molecule has 0 unspecified atom stereocenters. The Bertz CT molecular complexity index is 821. The first-order valence-electron chi connectivity index (χ1n) is 9.77. The first kappa shape index (κ1) is 22.8. The third-order valence-corrected chi connectivity index (χ3v) is 4.72. The van der Waals surface area contributed by atoms with E-state index in [4.69, 9.17) is 16.3 Å². The third kappa shape index (κ3) is 7.42. The largest absolute Gasteiger partial charge is 0.484 e. The van der Waals surface area contributed by atoms with Gasteiger partial charge in [-0.2, -0.15) is 0 Å². The Labute approximate surface area is 178 Å². The van der Waals surface area contributed by atoms with E-state index >= 15 is 0 Å². The highest BCUT2D eigenvalue weighted by atomic mass is 35.5. The van der Waals surface area contributed by atoms with Crippen molar-refractivity contribution in [1.82, 2.24) is 10.2 Å². The highest BCUT2D eigenvalue weighted by Gasteiger charge is 2.26. The summed E-state index contributed by atoms with van der Waals surface area (Å²) in [6.07, 6.45) is 0. The van der Waals surface area contributed by atoms with Gasteiger partial charge in [-0.25, -0.2) is 0 Å². The average Bonchev–Trinajstić information content (AvgIpc) is 2.69. The van der Waals surface area contributed by atoms with Gasteiger partial charge in [0.1, 0.15) is 11.8 Å². The molecular weight excluding hydrogens is 388 g/mol. The monoisotopic (exact) mass is 416 g/mol. The van der Waals surface area contributed by atoms with Gasteiger partial charge < -0.3 is 15.0 Å². The van der Waals surface area contributed by atoms with Crippen molar-refractivity contribution in [2.24, 2.45) is 5.92 Å². The second-order valence-corrected chi connectivity index (χ2v) is 8.00. The van der Waals surface area contributed by atoms with E-state index in [1.54, 1.807) is 36.1 Å². The first-order valence-corrected chi connectivity index (χ1v) is 10.1. The molecule has 0 saturated heterocycles. The third-order valence-electron chi connectivity index (χ3n) is 4.46. The molecule has 0 saturated carbocycles. The summed E-state index contributed by atoms with van der Waals surface area (Å²) in [6, 6.07) is 14.1. The lowest BCUT2D eigenvalue weighted by molar-refractivity contribution is -0.142. The van der Waals surface area contributed by atoms with E-state index in [9.17, 15) is 9.59 Å². The lowest BCUT2D eigenvalue weighted by Gasteiger charge is -2.29. The number of aryl methyl sites for hydroxylation is 1. The molecule has 0 fully saturated rings. The molecule has 2 rings (SSSR count). The number of rotatable bonds is 9. The maximum Gasteiger partial charge on any atom is 0.261 e. The fourth-order valence-electron chi connectivity index (χ4n) is 2.80. The molecule has 6 heteroatoms. The van der Waals surface area contributed by atoms with Crippen LogP contribution in [-0.2, 0) is 16.1 Å². The smallest absolute Gasteiger partial charge is 0.261 e. The normalized spacial score (nSPS) is 11.8. The van der Waals surface area contributed by atoms with Crippen LogP contribution in [0.4, 0.5) is 0 Å². The second-order valence-electron chi connectivity index (χ2n) is 7.57. The van der Waals surface area contributed by atoms with Crippen molar-refractivity contribution in [2.45, 2.75) is 40.3 Å². The van der Waals surface area contributed by atoms with E-state index < -0.39 is 6.04 Å². The summed E-state index contributed by atoms with van der Waals surface area (Å²) < 4.78 is 5.61. The van der Waals surface area contributed by atoms with Crippen molar-refractivity contribution in [2.75, 3.05) is 13.2 Å². The maximum absolute atomic E-state index is 13.0. The molecule has 0 heterocycles. The number of amides is 2. The van der Waals surface area contributed by atoms with E-state index in [1.165, 1.54) is 0 Å². The number of hydrogen-bond donors (Lipinski definition) is 1. The summed E-state index contributed by atoms with van der Waals surface area (Å²) in [7, 11) is 0. The molecule has 0 aliphatic carbocycles. The lowest BCUT2D eigenvalue weighted by Crippen LogP contribution is -2.49. The number of benzene rings is 2. The fourth-order valence-corrected chi connectivity index (χ4v) is 2.93. The molecule has 156 valence electrons. The van der Waals surface area contributed by atoms with E-state index in [1.807, 2.05) is 45.0 Å². The van der Waals surface area contributed by atoms with Crippen LogP contribution in [0.2, 0.25) is 5.02 Å². The quantitative estimate of drug-likeness (QED) is 0.665. The molecule has 1 N–H and O–H groups in total. The number of halogens is 1. The molecule has 1 atom stereocenters. The summed E-state index contributed by atoms with van der Waals surface area (Å²) in [5, 5.41) is 3.50. The summed E-state index contributed by atoms with van der Waals surface area (Å²) in [4.78, 5) is 27.1. The molecule has 0 aliphatic rings. The zero-order valence-corrected chi connectivity index (χ0v) is 18.2. The number of ether oxygens (including phenoxy) is 1. The number of hydrogen-bond acceptors (Lipinski definition) is 3. The minimum absolute atomic E-state index is 0.157. The molecule has 2 aromatic carbocycles. The van der Waals surface area contributed by atoms with Crippen LogP contribution in [0.1, 0.15) is 31.9 Å². The highest BCUT2D eigenvalue weighted by Crippen LogP contribution is 2.16. The van der Waals surface area contributed by atoms with Gasteiger partial charge in [0, 0.05) is 18.1 Å². The van der Waals surface area contributed by atoms with Crippen molar-refractivity contribution in [3.63, 3.8) is 0 Å². The topological polar surface area (TPSA) is 58.6 Å². The molecule has 0 radical (unpaired) electrons. The highest BCUT2D eigenvalue weighted by molar-refractivity contribution is 6.30. The zero-order valence-electron chi connectivity index (χ0n) is 17.4. The van der Waals surface area contributed by atoms with Gasteiger partial charge in [0.05, 0.1) is 0 Å². The number of carbonyl (C=O) groups is 2. The summed E-state index contributed by atoms with van der Waals surface area (Å²) in [5.41, 5.74) is 2.07. The van der Waals surface area contributed by atoms with Gasteiger partial charge in [0.25, 0.3) is 5.91 Å². The number of nitrogens with one attached hydrogen (secondary N) is 1. The molecule has 0 spiro atoms. The Hall–Kier alpha value is -2.53. The number of nitrogens with zero attached hydrogens (tertiary/aromatic N) is 1. The first-order chi connectivity index (χ1) is 13.8. The van der Waals surface area contributed by atoms with Crippen LogP contribution in [0.25, 0.3) is 0 Å². The average molecular weight is 417 g/mol. The minimum atomic E-state index is -0.615. The van der Waals surface area contributed by atoms with Gasteiger partial charge in [-0.05, 0) is 49.6 Å². The van der Waals surface area contributed by atoms with Crippen molar-refractivity contribution in [3.8, 4) is 5.75 Å². The molecule has 29 heavy (non-hydrogen) atoms. The Morgan fingerprint density at radius 2 is 1.79 bits per heavy atom. The van der Waals surface area contributed by atoms with Gasteiger partial charge in [-0.3, -0.25) is 9.59 Å². The lowest BCUT2D eigenvalue weighted by atomic mass is 10.1. The predicted octanol–water partition coefficient (Wildman–Crippen LogP) is 4.22. The van der Waals surface area contributed by atoms with Gasteiger partial charge in [-0.1, -0.05) is 55.3 Å². The van der Waals surface area contributed by atoms with Crippen LogP contribution in [0.15, 0.2) is 48.5 Å². The van der Waals surface area contributed by atoms with Crippen molar-refractivity contribution in [3.05, 3.63) is 64.7 Å². The molecule has 2 amide bonds. The van der Waals surface area contributed by atoms with E-state index in [0.29, 0.717) is 29.8 Å². The number of carbonyl (C=O) groups excluding carboxylic acids is 2. The maximum atomic E-state index is 13.0. The molecular formula is C23H29ClN2O3. The molecule has 0 aromatic heterocycles. The Morgan fingerprint density at radius 3 is 2.41 bits per heavy atom. The van der Waals surface area contributed by atoms with Crippen LogP contribution in [-0.4, -0.2) is 35.9 Å². The van der Waals surface area contributed by atoms with E-state index in [0.717, 1.165) is 11.1 Å². The molecule has 5 nitrogen and oxygen atoms in total. The minimum Gasteiger partial charge on any atom is -0.484 e. The SMILES string of the molecule is Cc1cccc(CN(C(=O)COc2ccc(Cl)cc2)[C@@H](C)C(=O)NCC(C)C)c1. The standard InChI is InChI=1S/C23H29ClN2O3/c1-16(2)13-25-23(28)18(4)26(14-19-7-5-6-17(3)12-19)22(27)15-29-21-10-8-20(24)9-11-21/h5-12,16,18H,13-15H2,1-4H3,(H,25,28)/t18-/m0/s1. The Balaban J connectivity index is 2.12. The van der Waals surface area contributed by atoms with Gasteiger partial charge >= 0.3 is 0 Å². The fraction of sp³-hybridized carbons (Fsp3) is 0.391. The van der Waals surface area contributed by atoms with E-state index in [2.05, 4.69) is 5.32 Å². The van der Waals surface area contributed by atoms with Gasteiger partial charge in [-0.15, -0.1) is 0 Å². The van der Waals surface area contributed by atoms with E-state index in [-0.39, 0.29) is 18.4 Å². The van der Waals surface area contributed by atoms with Crippen LogP contribution in [0, 0.1) is 12.8 Å². The second kappa shape index (κ2) is 10.9. The van der Waals surface area contributed by atoms with Gasteiger partial charge in [0.2, 0.25) is 5.91 Å². The van der Waals surface area contributed by atoms with Crippen molar-refractivity contribution in [1.29, 1.82) is 0 Å². The summed E-state index contributed by atoms with van der Waals surface area (Å²) in [6.45, 7) is 8.54. The summed E-state index contributed by atoms with van der Waals surface area (Å²) in [5.74, 6) is 0.454. The van der Waals surface area contributed by atoms with Crippen molar-refractivity contribution < 1.29 is 14.3 Å². The molecule has 0 aliphatic heterocycles. The van der Waals surface area contributed by atoms with Crippen LogP contribution in [0.5, 0.6) is 5.75 Å². The van der Waals surface area contributed by atoms with Crippen molar-refractivity contribution >= 4 is 23.4 Å². The summed E-state index contributed by atoms with van der Waals surface area (Å²) >= 11 is 5.88. The van der Waals surface area contributed by atoms with Crippen LogP contribution in [0.3, 0.4) is 0 Å². The van der Waals surface area contributed by atoms with Crippen LogP contribution >= 0.6 is 11.6 Å². The Morgan fingerprint density at radius 1 is 1.10 bits per heavy atom. The zero-order chi connectivity index (χ0) is 21.4. The molecule has 2 aromatic rings.